The minimum Gasteiger partial charge on any atom is -0.147 e. The molecule has 0 unspecified atom stereocenters. The first kappa shape index (κ1) is 7.91. The molecule has 0 aromatic heterocycles. The summed E-state index contributed by atoms with van der Waals surface area (Å²) in [5, 5.41) is 0. The Kier molecular flexibility index (Phi) is 1.91. The fourth-order valence-electron chi connectivity index (χ4n) is 3.98. The van der Waals surface area contributed by atoms with E-state index in [9.17, 15) is 0 Å². The Morgan fingerprint density at radius 3 is 0.818 bits per heavy atom. The molecule has 4 aliphatic rings. The van der Waals surface area contributed by atoms with Crippen molar-refractivity contribution in [2.45, 2.75) is 38.5 Å². The van der Waals surface area contributed by atoms with E-state index < -0.39 is 0 Å². The van der Waals surface area contributed by atoms with Gasteiger partial charge in [-0.05, 0) is 62.2 Å². The van der Waals surface area contributed by atoms with Gasteiger partial charge in [-0.1, -0.05) is 0 Å². The summed E-state index contributed by atoms with van der Waals surface area (Å²) in [5.74, 6) is 4.71. The highest BCUT2D eigenvalue weighted by atomic mass is 35.5. The molecule has 0 radical (unpaired) electrons. The molecule has 1 heteroatoms. The molecule has 0 aliphatic heterocycles. The monoisotopic (exact) mass is 172 g/mol. The van der Waals surface area contributed by atoms with Crippen molar-refractivity contribution in [2.24, 2.45) is 23.7 Å². The fraction of sp³-hybridized carbons (Fsp3) is 1.00. The van der Waals surface area contributed by atoms with Crippen LogP contribution in [0.2, 0.25) is 0 Å². The first-order valence-corrected chi connectivity index (χ1v) is 4.90. The van der Waals surface area contributed by atoms with Crippen LogP contribution in [0.1, 0.15) is 38.5 Å². The van der Waals surface area contributed by atoms with E-state index >= 15 is 0 Å². The van der Waals surface area contributed by atoms with Crippen molar-refractivity contribution < 1.29 is 0 Å². The van der Waals surface area contributed by atoms with Crippen molar-refractivity contribution in [3.8, 4) is 0 Å². The third-order valence-corrected chi connectivity index (χ3v) is 4.00. The van der Waals surface area contributed by atoms with Crippen molar-refractivity contribution in [1.29, 1.82) is 0 Å². The van der Waals surface area contributed by atoms with Gasteiger partial charge in [-0.2, -0.15) is 0 Å². The van der Waals surface area contributed by atoms with E-state index in [2.05, 4.69) is 0 Å². The summed E-state index contributed by atoms with van der Waals surface area (Å²) < 4.78 is 0. The van der Waals surface area contributed by atoms with E-state index in [1.165, 1.54) is 23.7 Å². The Labute approximate surface area is 75.2 Å². The standard InChI is InChI=1S/C10H16.ClH/c1-7-2-9-4-8(1)5-10(3-7)6-9;/h7-10H,1-6H2;1H. The quantitative estimate of drug-likeness (QED) is 0.526. The van der Waals surface area contributed by atoms with Gasteiger partial charge in [0.1, 0.15) is 0 Å². The van der Waals surface area contributed by atoms with Gasteiger partial charge in [-0.25, -0.2) is 0 Å². The molecule has 4 rings (SSSR count). The molecule has 4 aliphatic carbocycles. The molecule has 0 nitrogen and oxygen atoms in total. The zero-order valence-corrected chi connectivity index (χ0v) is 7.78. The molecule has 0 amide bonds. The van der Waals surface area contributed by atoms with E-state index in [0.717, 1.165) is 0 Å². The van der Waals surface area contributed by atoms with Gasteiger partial charge in [0.15, 0.2) is 0 Å². The van der Waals surface area contributed by atoms with Gasteiger partial charge in [-0.3, -0.25) is 0 Å². The lowest BCUT2D eigenvalue weighted by atomic mass is 9.56. The summed E-state index contributed by atoms with van der Waals surface area (Å²) in [6, 6.07) is 0. The van der Waals surface area contributed by atoms with Gasteiger partial charge in [0.25, 0.3) is 0 Å². The lowest BCUT2D eigenvalue weighted by molar-refractivity contribution is 0.0198. The van der Waals surface area contributed by atoms with E-state index in [0.29, 0.717) is 0 Å². The minimum atomic E-state index is 0. The number of hydrogen-bond donors (Lipinski definition) is 0. The number of rotatable bonds is 0. The van der Waals surface area contributed by atoms with E-state index in [1.807, 2.05) is 0 Å². The number of halogens is 1. The largest absolute Gasteiger partial charge is 0.147 e. The maximum atomic E-state index is 1.60. The average molecular weight is 173 g/mol. The van der Waals surface area contributed by atoms with Crippen LogP contribution < -0.4 is 0 Å². The Morgan fingerprint density at radius 1 is 0.455 bits per heavy atom. The van der Waals surface area contributed by atoms with Gasteiger partial charge in [-0.15, -0.1) is 12.4 Å². The van der Waals surface area contributed by atoms with Crippen molar-refractivity contribution in [2.75, 3.05) is 0 Å². The minimum absolute atomic E-state index is 0. The summed E-state index contributed by atoms with van der Waals surface area (Å²) in [6.07, 6.45) is 9.62. The van der Waals surface area contributed by atoms with Crippen molar-refractivity contribution >= 4 is 12.4 Å². The molecule has 0 saturated heterocycles. The zero-order chi connectivity index (χ0) is 6.55. The summed E-state index contributed by atoms with van der Waals surface area (Å²) in [4.78, 5) is 0. The third-order valence-electron chi connectivity index (χ3n) is 4.00. The molecule has 64 valence electrons. The molecule has 4 saturated carbocycles. The van der Waals surface area contributed by atoms with E-state index in [1.54, 1.807) is 38.5 Å². The molecule has 0 heterocycles. The summed E-state index contributed by atoms with van der Waals surface area (Å²) in [7, 11) is 0. The van der Waals surface area contributed by atoms with E-state index in [-0.39, 0.29) is 12.4 Å². The van der Waals surface area contributed by atoms with Crippen LogP contribution in [-0.4, -0.2) is 0 Å². The first-order valence-electron chi connectivity index (χ1n) is 4.90. The maximum absolute atomic E-state index is 1.60. The first-order chi connectivity index (χ1) is 4.90. The smallest absolute Gasteiger partial charge is 0.0406 e. The van der Waals surface area contributed by atoms with Gasteiger partial charge in [0.2, 0.25) is 0 Å². The second kappa shape index (κ2) is 2.65. The number of hydrogen-bond acceptors (Lipinski definition) is 0. The van der Waals surface area contributed by atoms with Gasteiger partial charge >= 0.3 is 0 Å². The second-order valence-electron chi connectivity index (χ2n) is 4.88. The predicted octanol–water partition coefficient (Wildman–Crippen LogP) is 3.25. The Balaban J connectivity index is 0.000000480. The average Bonchev–Trinajstić information content (AvgIpc) is 1.82. The summed E-state index contributed by atoms with van der Waals surface area (Å²) in [6.45, 7) is 0. The van der Waals surface area contributed by atoms with Crippen LogP contribution in [-0.2, 0) is 0 Å². The van der Waals surface area contributed by atoms with Crippen molar-refractivity contribution in [3.05, 3.63) is 0 Å². The van der Waals surface area contributed by atoms with Crippen LogP contribution in [0.5, 0.6) is 0 Å². The fourth-order valence-corrected chi connectivity index (χ4v) is 3.98. The summed E-state index contributed by atoms with van der Waals surface area (Å²) >= 11 is 0. The molecule has 0 aromatic carbocycles. The molecule has 0 atom stereocenters. The van der Waals surface area contributed by atoms with Crippen LogP contribution in [0, 0.1) is 23.7 Å². The van der Waals surface area contributed by atoms with E-state index in [4.69, 9.17) is 0 Å². The molecule has 0 spiro atoms. The third kappa shape index (κ3) is 1.20. The molecule has 0 N–H and O–H groups in total. The van der Waals surface area contributed by atoms with Gasteiger partial charge < -0.3 is 0 Å². The molecule has 11 heavy (non-hydrogen) atoms. The highest BCUT2D eigenvalue weighted by molar-refractivity contribution is 5.85. The Bertz CT molecular complexity index is 96.4. The molecule has 4 fully saturated rings. The maximum Gasteiger partial charge on any atom is -0.0406 e. The molecule has 4 bridgehead atoms. The normalized spacial score (nSPS) is 52.4. The molecular formula is C10H17Cl. The van der Waals surface area contributed by atoms with Crippen LogP contribution in [0.4, 0.5) is 0 Å². The molecular weight excluding hydrogens is 156 g/mol. The lowest BCUT2D eigenvalue weighted by Crippen LogP contribution is -2.38. The van der Waals surface area contributed by atoms with Crippen LogP contribution in [0.15, 0.2) is 0 Å². The molecule has 0 aromatic rings. The van der Waals surface area contributed by atoms with Crippen LogP contribution >= 0.6 is 12.4 Å². The zero-order valence-electron chi connectivity index (χ0n) is 6.96. The topological polar surface area (TPSA) is 0 Å². The second-order valence-corrected chi connectivity index (χ2v) is 4.88. The highest BCUT2D eigenvalue weighted by Crippen LogP contribution is 2.53. The van der Waals surface area contributed by atoms with Crippen molar-refractivity contribution in [1.82, 2.24) is 0 Å². The van der Waals surface area contributed by atoms with Crippen LogP contribution in [0.25, 0.3) is 0 Å². The Hall–Kier alpha value is 0.290. The van der Waals surface area contributed by atoms with Gasteiger partial charge in [0.05, 0.1) is 0 Å². The highest BCUT2D eigenvalue weighted by Gasteiger charge is 2.41. The predicted molar refractivity (Wildman–Crippen MR) is 48.9 cm³/mol. The Morgan fingerprint density at radius 2 is 0.636 bits per heavy atom. The SMILES string of the molecule is C1C2CC3CC1CC(C2)C3.Cl. The van der Waals surface area contributed by atoms with Gasteiger partial charge in [0, 0.05) is 0 Å². The van der Waals surface area contributed by atoms with Crippen LogP contribution in [0.3, 0.4) is 0 Å². The lowest BCUT2D eigenvalue weighted by Gasteiger charge is -2.49. The summed E-state index contributed by atoms with van der Waals surface area (Å²) in [5.41, 5.74) is 0. The van der Waals surface area contributed by atoms with Crippen molar-refractivity contribution in [3.63, 3.8) is 0 Å².